The first-order valence-corrected chi connectivity index (χ1v) is 19.9. The Hall–Kier alpha value is -7.90. The lowest BCUT2D eigenvalue weighted by Gasteiger charge is -2.17. The summed E-state index contributed by atoms with van der Waals surface area (Å²) in [5, 5.41) is 17.3. The van der Waals surface area contributed by atoms with E-state index < -0.39 is 5.97 Å². The van der Waals surface area contributed by atoms with Crippen molar-refractivity contribution in [2.24, 2.45) is 7.05 Å². The summed E-state index contributed by atoms with van der Waals surface area (Å²) in [5.74, 6) is -1.05. The predicted molar refractivity (Wildman–Crippen MR) is 239 cm³/mol. The molecule has 6 aromatic heterocycles. The summed E-state index contributed by atoms with van der Waals surface area (Å²) in [4.78, 5) is 42.3. The molecule has 0 aliphatic heterocycles. The number of hydrogen-bond donors (Lipinski definition) is 3. The molecule has 4 aromatic carbocycles. The number of nitrogens with zero attached hydrogens (tertiary/aromatic N) is 8. The predicted octanol–water partition coefficient (Wildman–Crippen LogP) is 10.2. The first kappa shape index (κ1) is 37.7. The molecule has 6 heterocycles. The van der Waals surface area contributed by atoms with E-state index >= 15 is 0 Å². The van der Waals surface area contributed by atoms with Crippen molar-refractivity contribution in [2.45, 2.75) is 13.0 Å². The Morgan fingerprint density at radius 3 is 2.12 bits per heavy atom. The van der Waals surface area contributed by atoms with Crippen molar-refractivity contribution in [3.8, 4) is 22.3 Å². The van der Waals surface area contributed by atoms with Crippen LogP contribution in [0.25, 0.3) is 71.1 Å². The lowest BCUT2D eigenvalue weighted by Crippen LogP contribution is -2.07. The van der Waals surface area contributed by atoms with Gasteiger partial charge in [-0.1, -0.05) is 24.3 Å². The van der Waals surface area contributed by atoms with Gasteiger partial charge in [-0.3, -0.25) is 29.9 Å². The Kier molecular flexibility index (Phi) is 10.4. The van der Waals surface area contributed by atoms with Crippen molar-refractivity contribution in [2.75, 3.05) is 10.6 Å². The van der Waals surface area contributed by atoms with Crippen LogP contribution in [0.15, 0.2) is 158 Å². The number of nitrogens with one attached hydrogen (secondary N) is 2. The van der Waals surface area contributed by atoms with Crippen LogP contribution in [0.5, 0.6) is 0 Å². The van der Waals surface area contributed by atoms with Gasteiger partial charge in [0.2, 0.25) is 0 Å². The summed E-state index contributed by atoms with van der Waals surface area (Å²) in [7, 11) is 2.01. The van der Waals surface area contributed by atoms with Crippen LogP contribution in [-0.2, 0) is 11.8 Å². The molecule has 0 aliphatic carbocycles. The quantitative estimate of drug-likeness (QED) is 0.119. The summed E-state index contributed by atoms with van der Waals surface area (Å²) < 4.78 is 3.24. The number of aromatic nitrogens is 8. The summed E-state index contributed by atoms with van der Waals surface area (Å²) in [6.45, 7) is 2.13. The highest BCUT2D eigenvalue weighted by molar-refractivity contribution is 7.16. The first-order valence-electron chi connectivity index (χ1n) is 19.0. The molecule has 10 aromatic rings. The number of aliphatic carboxylic acids is 1. The summed E-state index contributed by atoms with van der Waals surface area (Å²) in [5.41, 5.74) is 15.3. The third kappa shape index (κ3) is 7.97. The molecule has 1 unspecified atom stereocenters. The van der Waals surface area contributed by atoms with Gasteiger partial charge in [-0.2, -0.15) is 0 Å². The maximum absolute atomic E-state index is 11.4. The van der Waals surface area contributed by atoms with Gasteiger partial charge in [0.15, 0.2) is 0 Å². The fourth-order valence-electron chi connectivity index (χ4n) is 7.16. The van der Waals surface area contributed by atoms with Crippen LogP contribution in [0.4, 0.5) is 11.4 Å². The smallest absolute Gasteiger partial charge is 0.330 e. The lowest BCUT2D eigenvalue weighted by molar-refractivity contribution is -0.131. The van der Waals surface area contributed by atoms with Crippen molar-refractivity contribution < 1.29 is 9.90 Å². The van der Waals surface area contributed by atoms with Gasteiger partial charge < -0.3 is 20.3 Å². The van der Waals surface area contributed by atoms with Crippen LogP contribution in [0.2, 0.25) is 0 Å². The maximum atomic E-state index is 11.4. The number of aryl methyl sites for hydroxylation is 1. The number of anilines is 2. The lowest BCUT2D eigenvalue weighted by atomic mass is 10.0. The van der Waals surface area contributed by atoms with Crippen LogP contribution in [0.3, 0.4) is 0 Å². The molecule has 0 saturated heterocycles. The zero-order chi connectivity index (χ0) is 41.0. The second-order valence-corrected chi connectivity index (χ2v) is 14.9. The number of carboxylic acids is 1. The zero-order valence-corrected chi connectivity index (χ0v) is 33.2. The van der Waals surface area contributed by atoms with E-state index in [0.29, 0.717) is 22.5 Å². The van der Waals surface area contributed by atoms with E-state index in [1.165, 1.54) is 0 Å². The SMILES string of the molecule is CC(Nc1cc(-c2ccc3ncsc3c2)c2nccnc2c1)c1cccnc1.Cn1ccc2ccc(-c3cc(NC(=CC(=O)O)c4cccnc4)cc4nccnc34)cc21. The molecule has 292 valence electrons. The normalized spacial score (nSPS) is 12.0. The van der Waals surface area contributed by atoms with Crippen molar-refractivity contribution in [1.29, 1.82) is 0 Å². The van der Waals surface area contributed by atoms with Crippen molar-refractivity contribution >= 4 is 77.6 Å². The number of rotatable bonds is 9. The minimum absolute atomic E-state index is 0.125. The number of carbonyl (C=O) groups is 1. The van der Waals surface area contributed by atoms with Gasteiger partial charge >= 0.3 is 5.97 Å². The number of thiazole rings is 1. The number of carboxylic acid groups (broad SMARTS) is 1. The van der Waals surface area contributed by atoms with Crippen molar-refractivity contribution in [3.05, 3.63) is 169 Å². The maximum Gasteiger partial charge on any atom is 0.330 e. The van der Waals surface area contributed by atoms with Crippen LogP contribution in [0, 0.1) is 0 Å². The van der Waals surface area contributed by atoms with E-state index in [-0.39, 0.29) is 6.04 Å². The Morgan fingerprint density at radius 1 is 0.717 bits per heavy atom. The number of benzene rings is 4. The van der Waals surface area contributed by atoms with Crippen LogP contribution >= 0.6 is 11.3 Å². The van der Waals surface area contributed by atoms with E-state index in [0.717, 1.165) is 77.3 Å². The fraction of sp³-hybridized carbons (Fsp3) is 0.0638. The molecule has 0 saturated carbocycles. The first-order chi connectivity index (χ1) is 29.4. The van der Waals surface area contributed by atoms with Gasteiger partial charge in [-0.15, -0.1) is 11.3 Å². The Morgan fingerprint density at radius 2 is 1.40 bits per heavy atom. The fourth-order valence-corrected chi connectivity index (χ4v) is 7.87. The molecule has 12 nitrogen and oxygen atoms in total. The average Bonchev–Trinajstić information content (AvgIpc) is 3.92. The molecule has 10 rings (SSSR count). The molecule has 0 amide bonds. The van der Waals surface area contributed by atoms with Crippen molar-refractivity contribution in [1.82, 2.24) is 39.5 Å². The molecule has 0 fully saturated rings. The van der Waals surface area contributed by atoms with E-state index in [9.17, 15) is 9.90 Å². The second kappa shape index (κ2) is 16.5. The zero-order valence-electron chi connectivity index (χ0n) is 32.4. The summed E-state index contributed by atoms with van der Waals surface area (Å²) >= 11 is 1.64. The minimum Gasteiger partial charge on any atom is -0.478 e. The molecule has 0 spiro atoms. The Labute approximate surface area is 348 Å². The average molecular weight is 805 g/mol. The summed E-state index contributed by atoms with van der Waals surface area (Å²) in [6.07, 6.45) is 16.9. The van der Waals surface area contributed by atoms with Crippen LogP contribution < -0.4 is 10.6 Å². The molecule has 0 radical (unpaired) electrons. The van der Waals surface area contributed by atoms with Crippen LogP contribution in [0.1, 0.15) is 24.1 Å². The third-order valence-electron chi connectivity index (χ3n) is 10.1. The molecule has 60 heavy (non-hydrogen) atoms. The molecule has 0 aliphatic rings. The highest BCUT2D eigenvalue weighted by Crippen LogP contribution is 2.35. The van der Waals surface area contributed by atoms with E-state index in [4.69, 9.17) is 0 Å². The molecule has 1 atom stereocenters. The molecule has 13 heteroatoms. The largest absolute Gasteiger partial charge is 0.478 e. The van der Waals surface area contributed by atoms with Crippen molar-refractivity contribution in [3.63, 3.8) is 0 Å². The van der Waals surface area contributed by atoms with E-state index in [1.807, 2.05) is 49.2 Å². The van der Waals surface area contributed by atoms with Gasteiger partial charge in [0.1, 0.15) is 0 Å². The third-order valence-corrected chi connectivity index (χ3v) is 10.9. The topological polar surface area (TPSA) is 157 Å². The molecule has 3 N–H and O–H groups in total. The number of fused-ring (bicyclic) bond motifs is 4. The van der Waals surface area contributed by atoms with Gasteiger partial charge in [0.25, 0.3) is 0 Å². The Bertz CT molecular complexity index is 3190. The van der Waals surface area contributed by atoms with Gasteiger partial charge in [-0.25, -0.2) is 9.78 Å². The second-order valence-electron chi connectivity index (χ2n) is 14.0. The molecular formula is C47H36N10O2S. The minimum atomic E-state index is -1.05. The van der Waals surface area contributed by atoms with Gasteiger partial charge in [0, 0.05) is 102 Å². The van der Waals surface area contributed by atoms with Crippen LogP contribution in [-0.4, -0.2) is 50.5 Å². The number of pyridine rings is 2. The van der Waals surface area contributed by atoms with Gasteiger partial charge in [0.05, 0.1) is 49.5 Å². The highest BCUT2D eigenvalue weighted by atomic mass is 32.1. The Balaban J connectivity index is 0.000000155. The van der Waals surface area contributed by atoms with E-state index in [2.05, 4.69) is 112 Å². The monoisotopic (exact) mass is 804 g/mol. The standard InChI is InChI=1S/C25H19N5O2.C22H17N5S/c1-30-10-6-16-4-5-17(11-23(16)30)20-12-19(13-22-25(20)28-9-8-27-22)29-21(14-24(31)32)18-3-2-7-26-15-18;1-14(16-3-2-6-23-12-16)27-17-10-18(22-20(11-17)24-7-8-25-22)15-4-5-19-21(9-15)28-13-26-19/h2-15,29H,1H3,(H,31,32);2-14,27H,1H3. The molecular weight excluding hydrogens is 769 g/mol. The number of hydrogen-bond acceptors (Lipinski definition) is 11. The van der Waals surface area contributed by atoms with Gasteiger partial charge in [-0.05, 0) is 95.7 Å². The summed E-state index contributed by atoms with van der Waals surface area (Å²) in [6, 6.07) is 30.4. The van der Waals surface area contributed by atoms with E-state index in [1.54, 1.807) is 66.8 Å². The highest BCUT2D eigenvalue weighted by Gasteiger charge is 2.15. The molecule has 0 bridgehead atoms.